The largest absolute Gasteiger partial charge is 0.0594 e. The van der Waals surface area contributed by atoms with Gasteiger partial charge in [0.25, 0.3) is 0 Å². The predicted molar refractivity (Wildman–Crippen MR) is 57.8 cm³/mol. The molecule has 0 atom stereocenters. The molecule has 2 rings (SSSR count). The van der Waals surface area contributed by atoms with Crippen LogP contribution in [0, 0.1) is 11.3 Å². The SMILES string of the molecule is CC1(C2CCCCCC2)CCCC1. The van der Waals surface area contributed by atoms with Crippen molar-refractivity contribution in [1.29, 1.82) is 0 Å². The Hall–Kier alpha value is 0. The highest BCUT2D eigenvalue weighted by Gasteiger charge is 2.36. The van der Waals surface area contributed by atoms with Gasteiger partial charge in [0.1, 0.15) is 0 Å². The van der Waals surface area contributed by atoms with Gasteiger partial charge in [0, 0.05) is 0 Å². The summed E-state index contributed by atoms with van der Waals surface area (Å²) in [5, 5.41) is 0. The zero-order valence-corrected chi connectivity index (χ0v) is 9.15. The molecule has 0 aromatic heterocycles. The minimum Gasteiger partial charge on any atom is -0.0594 e. The van der Waals surface area contributed by atoms with Crippen LogP contribution in [-0.2, 0) is 0 Å². The molecule has 0 saturated heterocycles. The molecule has 0 spiro atoms. The standard InChI is InChI=1S/C13H24/c1-13(10-6-7-11-13)12-8-4-2-3-5-9-12/h12H,2-11H2,1H3. The molecule has 0 amide bonds. The van der Waals surface area contributed by atoms with Gasteiger partial charge in [0.05, 0.1) is 0 Å². The van der Waals surface area contributed by atoms with Gasteiger partial charge < -0.3 is 0 Å². The van der Waals surface area contributed by atoms with E-state index in [4.69, 9.17) is 0 Å². The fourth-order valence-corrected chi connectivity index (χ4v) is 3.57. The second-order valence-electron chi connectivity index (χ2n) is 5.55. The Morgan fingerprint density at radius 2 is 1.31 bits per heavy atom. The van der Waals surface area contributed by atoms with Crippen LogP contribution in [0.1, 0.15) is 71.1 Å². The molecule has 13 heavy (non-hydrogen) atoms. The van der Waals surface area contributed by atoms with Gasteiger partial charge >= 0.3 is 0 Å². The molecule has 76 valence electrons. The van der Waals surface area contributed by atoms with E-state index in [-0.39, 0.29) is 0 Å². The molecule has 0 bridgehead atoms. The van der Waals surface area contributed by atoms with Gasteiger partial charge in [0.15, 0.2) is 0 Å². The third-order valence-corrected chi connectivity index (χ3v) is 4.59. The Kier molecular flexibility index (Phi) is 2.96. The molecule has 0 aromatic carbocycles. The van der Waals surface area contributed by atoms with E-state index in [1.807, 2.05) is 0 Å². The Balaban J connectivity index is 1.96. The molecule has 0 aromatic rings. The summed E-state index contributed by atoms with van der Waals surface area (Å²) in [6, 6.07) is 0. The average Bonchev–Trinajstić information content (AvgIpc) is 2.44. The highest BCUT2D eigenvalue weighted by Crippen LogP contribution is 2.48. The van der Waals surface area contributed by atoms with Gasteiger partial charge in [-0.25, -0.2) is 0 Å². The molecular weight excluding hydrogens is 156 g/mol. The highest BCUT2D eigenvalue weighted by molar-refractivity contribution is 4.87. The molecule has 2 aliphatic carbocycles. The van der Waals surface area contributed by atoms with E-state index in [0.29, 0.717) is 0 Å². The lowest BCUT2D eigenvalue weighted by Gasteiger charge is -2.33. The highest BCUT2D eigenvalue weighted by atomic mass is 14.4. The van der Waals surface area contributed by atoms with Crippen LogP contribution < -0.4 is 0 Å². The van der Waals surface area contributed by atoms with Crippen molar-refractivity contribution in [2.45, 2.75) is 71.1 Å². The maximum Gasteiger partial charge on any atom is -0.0298 e. The minimum atomic E-state index is 0.754. The van der Waals surface area contributed by atoms with E-state index in [2.05, 4.69) is 6.92 Å². The summed E-state index contributed by atoms with van der Waals surface area (Å²) in [6.07, 6.45) is 15.2. The Morgan fingerprint density at radius 1 is 0.769 bits per heavy atom. The van der Waals surface area contributed by atoms with Crippen molar-refractivity contribution in [1.82, 2.24) is 0 Å². The number of hydrogen-bond donors (Lipinski definition) is 0. The van der Waals surface area contributed by atoms with Crippen LogP contribution in [0.4, 0.5) is 0 Å². The van der Waals surface area contributed by atoms with Crippen molar-refractivity contribution in [3.05, 3.63) is 0 Å². The van der Waals surface area contributed by atoms with Crippen molar-refractivity contribution >= 4 is 0 Å². The first-order chi connectivity index (χ1) is 6.31. The van der Waals surface area contributed by atoms with Crippen LogP contribution in [0.15, 0.2) is 0 Å². The van der Waals surface area contributed by atoms with E-state index in [1.54, 1.807) is 0 Å². The van der Waals surface area contributed by atoms with Crippen molar-refractivity contribution in [3.63, 3.8) is 0 Å². The van der Waals surface area contributed by atoms with Crippen LogP contribution >= 0.6 is 0 Å². The van der Waals surface area contributed by atoms with Gasteiger partial charge in [-0.2, -0.15) is 0 Å². The van der Waals surface area contributed by atoms with Crippen LogP contribution in [0.25, 0.3) is 0 Å². The van der Waals surface area contributed by atoms with Crippen LogP contribution in [0.2, 0.25) is 0 Å². The Morgan fingerprint density at radius 3 is 1.85 bits per heavy atom. The van der Waals surface area contributed by atoms with E-state index in [1.165, 1.54) is 64.2 Å². The fourth-order valence-electron chi connectivity index (χ4n) is 3.57. The number of rotatable bonds is 1. The van der Waals surface area contributed by atoms with Crippen LogP contribution in [0.3, 0.4) is 0 Å². The van der Waals surface area contributed by atoms with Crippen molar-refractivity contribution < 1.29 is 0 Å². The first-order valence-corrected chi connectivity index (χ1v) is 6.31. The van der Waals surface area contributed by atoms with E-state index < -0.39 is 0 Å². The molecule has 0 radical (unpaired) electrons. The van der Waals surface area contributed by atoms with Gasteiger partial charge in [-0.3, -0.25) is 0 Å². The normalized spacial score (nSPS) is 30.2. The smallest absolute Gasteiger partial charge is 0.0298 e. The molecule has 2 saturated carbocycles. The third-order valence-electron chi connectivity index (χ3n) is 4.59. The lowest BCUT2D eigenvalue weighted by Crippen LogP contribution is -2.23. The average molecular weight is 180 g/mol. The maximum atomic E-state index is 2.57. The quantitative estimate of drug-likeness (QED) is 0.520. The van der Waals surface area contributed by atoms with Gasteiger partial charge in [0.2, 0.25) is 0 Å². The molecule has 0 aliphatic heterocycles. The molecule has 2 fully saturated rings. The van der Waals surface area contributed by atoms with Gasteiger partial charge in [-0.15, -0.1) is 0 Å². The molecular formula is C13H24. The van der Waals surface area contributed by atoms with Crippen LogP contribution in [-0.4, -0.2) is 0 Å². The van der Waals surface area contributed by atoms with Crippen molar-refractivity contribution in [3.8, 4) is 0 Å². The molecule has 0 heteroatoms. The lowest BCUT2D eigenvalue weighted by atomic mass is 9.72. The summed E-state index contributed by atoms with van der Waals surface area (Å²) >= 11 is 0. The monoisotopic (exact) mass is 180 g/mol. The lowest BCUT2D eigenvalue weighted by molar-refractivity contribution is 0.172. The molecule has 0 nitrogen and oxygen atoms in total. The van der Waals surface area contributed by atoms with E-state index in [9.17, 15) is 0 Å². The molecule has 0 heterocycles. The van der Waals surface area contributed by atoms with Crippen LogP contribution in [0.5, 0.6) is 0 Å². The Bertz CT molecular complexity index is 145. The minimum absolute atomic E-state index is 0.754. The summed E-state index contributed by atoms with van der Waals surface area (Å²) in [6.45, 7) is 2.57. The maximum absolute atomic E-state index is 2.57. The molecule has 2 aliphatic rings. The zero-order valence-electron chi connectivity index (χ0n) is 9.15. The summed E-state index contributed by atoms with van der Waals surface area (Å²) < 4.78 is 0. The van der Waals surface area contributed by atoms with Gasteiger partial charge in [-0.05, 0) is 37.0 Å². The first-order valence-electron chi connectivity index (χ1n) is 6.31. The summed E-state index contributed by atoms with van der Waals surface area (Å²) in [7, 11) is 0. The molecule has 0 N–H and O–H groups in total. The summed E-state index contributed by atoms with van der Waals surface area (Å²) in [5.74, 6) is 1.08. The third kappa shape index (κ3) is 2.08. The van der Waals surface area contributed by atoms with Crippen molar-refractivity contribution in [2.75, 3.05) is 0 Å². The van der Waals surface area contributed by atoms with E-state index in [0.717, 1.165) is 11.3 Å². The fraction of sp³-hybridized carbons (Fsp3) is 1.00. The molecule has 0 unspecified atom stereocenters. The second kappa shape index (κ2) is 4.02. The number of hydrogen-bond acceptors (Lipinski definition) is 0. The summed E-state index contributed by atoms with van der Waals surface area (Å²) in [5.41, 5.74) is 0.754. The Labute approximate surface area is 83.1 Å². The predicted octanol–water partition coefficient (Wildman–Crippen LogP) is 4.54. The first kappa shape index (κ1) is 9.55. The summed E-state index contributed by atoms with van der Waals surface area (Å²) in [4.78, 5) is 0. The van der Waals surface area contributed by atoms with E-state index >= 15 is 0 Å². The van der Waals surface area contributed by atoms with Crippen molar-refractivity contribution in [2.24, 2.45) is 11.3 Å². The topological polar surface area (TPSA) is 0 Å². The second-order valence-corrected chi connectivity index (χ2v) is 5.55. The van der Waals surface area contributed by atoms with Gasteiger partial charge in [-0.1, -0.05) is 45.4 Å². The zero-order chi connectivity index (χ0) is 9.15.